The fourth-order valence-corrected chi connectivity index (χ4v) is 3.24. The lowest BCUT2D eigenvalue weighted by molar-refractivity contribution is -0.145. The van der Waals surface area contributed by atoms with Gasteiger partial charge in [0.25, 0.3) is 0 Å². The van der Waals surface area contributed by atoms with Gasteiger partial charge in [0.1, 0.15) is 0 Å². The molecule has 1 saturated carbocycles. The molecule has 3 nitrogen and oxygen atoms in total. The van der Waals surface area contributed by atoms with Gasteiger partial charge in [-0.25, -0.2) is 0 Å². The van der Waals surface area contributed by atoms with Crippen LogP contribution in [0.4, 0.5) is 0 Å². The van der Waals surface area contributed by atoms with Crippen LogP contribution in [0.3, 0.4) is 0 Å². The minimum atomic E-state index is -0.771. The zero-order valence-corrected chi connectivity index (χ0v) is 12.2. The fraction of sp³-hybridized carbons (Fsp3) is 0.588. The van der Waals surface area contributed by atoms with Crippen molar-refractivity contribution in [1.82, 2.24) is 0 Å². The van der Waals surface area contributed by atoms with Crippen molar-refractivity contribution in [2.24, 2.45) is 0 Å². The molecule has 0 amide bonds. The highest BCUT2D eigenvalue weighted by atomic mass is 16.5. The van der Waals surface area contributed by atoms with E-state index >= 15 is 0 Å². The van der Waals surface area contributed by atoms with Gasteiger partial charge in [-0.2, -0.15) is 0 Å². The maximum atomic E-state index is 11.5. The van der Waals surface area contributed by atoms with Crippen LogP contribution >= 0.6 is 0 Å². The minimum Gasteiger partial charge on any atom is -0.466 e. The van der Waals surface area contributed by atoms with E-state index in [1.54, 1.807) is 6.92 Å². The van der Waals surface area contributed by atoms with Crippen LogP contribution in [0.5, 0.6) is 0 Å². The van der Waals surface area contributed by atoms with Crippen molar-refractivity contribution in [3.05, 3.63) is 35.9 Å². The zero-order valence-electron chi connectivity index (χ0n) is 12.2. The van der Waals surface area contributed by atoms with E-state index in [2.05, 4.69) is 12.1 Å². The number of aliphatic hydroxyl groups is 1. The molecule has 0 aromatic heterocycles. The van der Waals surface area contributed by atoms with Crippen LogP contribution in [0.15, 0.2) is 30.3 Å². The Morgan fingerprint density at radius 2 is 2.10 bits per heavy atom. The number of benzene rings is 1. The number of esters is 1. The number of carbonyl (C=O) groups excluding carboxylic acids is 1. The Hall–Kier alpha value is -1.35. The van der Waals surface area contributed by atoms with Crippen molar-refractivity contribution in [3.8, 4) is 0 Å². The summed E-state index contributed by atoms with van der Waals surface area (Å²) in [6.45, 7) is 2.21. The van der Waals surface area contributed by atoms with Gasteiger partial charge in [-0.05, 0) is 31.7 Å². The third-order valence-electron chi connectivity index (χ3n) is 4.27. The van der Waals surface area contributed by atoms with Crippen LogP contribution in [-0.2, 0) is 9.53 Å². The lowest BCUT2D eigenvalue weighted by Crippen LogP contribution is -2.39. The van der Waals surface area contributed by atoms with E-state index in [0.717, 1.165) is 25.7 Å². The molecule has 0 aliphatic heterocycles. The van der Waals surface area contributed by atoms with E-state index in [1.165, 1.54) is 5.56 Å². The third kappa shape index (κ3) is 3.60. The zero-order chi connectivity index (χ0) is 14.4. The van der Waals surface area contributed by atoms with Gasteiger partial charge >= 0.3 is 5.97 Å². The van der Waals surface area contributed by atoms with E-state index in [9.17, 15) is 9.90 Å². The summed E-state index contributed by atoms with van der Waals surface area (Å²) in [5.74, 6) is -0.0785. The van der Waals surface area contributed by atoms with Gasteiger partial charge in [0.2, 0.25) is 0 Å². The third-order valence-corrected chi connectivity index (χ3v) is 4.27. The number of carbonyl (C=O) groups is 1. The summed E-state index contributed by atoms with van der Waals surface area (Å²) in [4.78, 5) is 11.5. The standard InChI is InChI=1S/C17H24O3/c1-2-20-16(18)11-13-17(19)12-7-6-10-15(17)14-8-4-3-5-9-14/h3-5,8-9,15,19H,2,6-7,10-13H2,1H3. The van der Waals surface area contributed by atoms with Crippen LogP contribution in [0.2, 0.25) is 0 Å². The van der Waals surface area contributed by atoms with Crippen LogP contribution in [-0.4, -0.2) is 23.3 Å². The number of rotatable bonds is 5. The SMILES string of the molecule is CCOC(=O)CCC1(O)CCCCC1c1ccccc1. The molecule has 3 heteroatoms. The topological polar surface area (TPSA) is 46.5 Å². The van der Waals surface area contributed by atoms with Crippen molar-refractivity contribution in [2.45, 2.75) is 57.0 Å². The Morgan fingerprint density at radius 1 is 1.35 bits per heavy atom. The molecular weight excluding hydrogens is 252 g/mol. The molecule has 1 aliphatic rings. The number of hydrogen-bond acceptors (Lipinski definition) is 3. The molecule has 0 saturated heterocycles. The maximum Gasteiger partial charge on any atom is 0.305 e. The summed E-state index contributed by atoms with van der Waals surface area (Å²) >= 11 is 0. The van der Waals surface area contributed by atoms with E-state index in [0.29, 0.717) is 19.4 Å². The average Bonchev–Trinajstić information content (AvgIpc) is 2.47. The second-order valence-electron chi connectivity index (χ2n) is 5.62. The fourth-order valence-electron chi connectivity index (χ4n) is 3.24. The summed E-state index contributed by atoms with van der Waals surface area (Å²) in [6.07, 6.45) is 4.72. The molecule has 0 radical (unpaired) electrons. The molecule has 2 unspecified atom stereocenters. The van der Waals surface area contributed by atoms with Gasteiger partial charge in [-0.15, -0.1) is 0 Å². The molecule has 20 heavy (non-hydrogen) atoms. The molecule has 1 fully saturated rings. The molecule has 0 heterocycles. The maximum absolute atomic E-state index is 11.5. The van der Waals surface area contributed by atoms with Crippen LogP contribution in [0.1, 0.15) is 56.9 Å². The summed E-state index contributed by atoms with van der Waals surface area (Å²) < 4.78 is 4.97. The Kier molecular flexibility index (Phi) is 5.18. The first-order valence-electron chi connectivity index (χ1n) is 7.58. The Morgan fingerprint density at radius 3 is 2.80 bits per heavy atom. The molecule has 1 aromatic rings. The van der Waals surface area contributed by atoms with Crippen molar-refractivity contribution >= 4 is 5.97 Å². The highest BCUT2D eigenvalue weighted by Crippen LogP contribution is 2.43. The monoisotopic (exact) mass is 276 g/mol. The van der Waals surface area contributed by atoms with Gasteiger partial charge in [-0.1, -0.05) is 43.2 Å². The summed E-state index contributed by atoms with van der Waals surface area (Å²) in [6, 6.07) is 10.2. The number of hydrogen-bond donors (Lipinski definition) is 1. The molecule has 0 spiro atoms. The van der Waals surface area contributed by atoms with E-state index in [-0.39, 0.29) is 11.9 Å². The number of ether oxygens (including phenoxy) is 1. The second kappa shape index (κ2) is 6.89. The van der Waals surface area contributed by atoms with Crippen molar-refractivity contribution in [3.63, 3.8) is 0 Å². The molecule has 2 rings (SSSR count). The van der Waals surface area contributed by atoms with E-state index in [4.69, 9.17) is 4.74 Å². The molecule has 2 atom stereocenters. The van der Waals surface area contributed by atoms with Crippen LogP contribution in [0.25, 0.3) is 0 Å². The molecule has 0 bridgehead atoms. The molecule has 1 aromatic carbocycles. The summed E-state index contributed by atoms with van der Waals surface area (Å²) in [5.41, 5.74) is 0.408. The Balaban J connectivity index is 2.07. The van der Waals surface area contributed by atoms with Gasteiger partial charge in [0.15, 0.2) is 0 Å². The molecule has 1 N–H and O–H groups in total. The minimum absolute atomic E-state index is 0.131. The first-order chi connectivity index (χ1) is 9.65. The quantitative estimate of drug-likeness (QED) is 0.838. The predicted molar refractivity (Wildman–Crippen MR) is 78.5 cm³/mol. The largest absolute Gasteiger partial charge is 0.466 e. The van der Waals surface area contributed by atoms with Gasteiger partial charge in [0.05, 0.1) is 12.2 Å². The first-order valence-corrected chi connectivity index (χ1v) is 7.58. The van der Waals surface area contributed by atoms with Crippen molar-refractivity contribution in [1.29, 1.82) is 0 Å². The average molecular weight is 276 g/mol. The molecule has 110 valence electrons. The van der Waals surface area contributed by atoms with Crippen molar-refractivity contribution in [2.75, 3.05) is 6.61 Å². The van der Waals surface area contributed by atoms with Gasteiger partial charge in [-0.3, -0.25) is 4.79 Å². The van der Waals surface area contributed by atoms with Crippen LogP contribution < -0.4 is 0 Å². The lowest BCUT2D eigenvalue weighted by Gasteiger charge is -2.40. The van der Waals surface area contributed by atoms with E-state index < -0.39 is 5.60 Å². The van der Waals surface area contributed by atoms with Crippen LogP contribution in [0, 0.1) is 0 Å². The first kappa shape index (κ1) is 15.0. The Bertz CT molecular complexity index is 429. The van der Waals surface area contributed by atoms with E-state index in [1.807, 2.05) is 18.2 Å². The predicted octanol–water partition coefficient (Wildman–Crippen LogP) is 3.42. The lowest BCUT2D eigenvalue weighted by atomic mass is 9.70. The summed E-state index contributed by atoms with van der Waals surface area (Å²) in [7, 11) is 0. The molecular formula is C17H24O3. The highest BCUT2D eigenvalue weighted by Gasteiger charge is 2.39. The Labute approximate surface area is 121 Å². The smallest absolute Gasteiger partial charge is 0.305 e. The molecule has 1 aliphatic carbocycles. The second-order valence-corrected chi connectivity index (χ2v) is 5.62. The highest BCUT2D eigenvalue weighted by molar-refractivity contribution is 5.69. The van der Waals surface area contributed by atoms with Gasteiger partial charge < -0.3 is 9.84 Å². The van der Waals surface area contributed by atoms with Gasteiger partial charge in [0, 0.05) is 12.3 Å². The summed E-state index contributed by atoms with van der Waals surface area (Å²) in [5, 5.41) is 11.0. The van der Waals surface area contributed by atoms with Crippen molar-refractivity contribution < 1.29 is 14.6 Å². The normalized spacial score (nSPS) is 26.2.